The number of hydrogen-bond donors (Lipinski definition) is 1. The van der Waals surface area contributed by atoms with Crippen molar-refractivity contribution in [1.82, 2.24) is 0 Å². The van der Waals surface area contributed by atoms with Crippen LogP contribution >= 0.6 is 15.9 Å². The predicted octanol–water partition coefficient (Wildman–Crippen LogP) is 3.39. The van der Waals surface area contributed by atoms with E-state index < -0.39 is 11.7 Å². The summed E-state index contributed by atoms with van der Waals surface area (Å²) in [6, 6.07) is 3.79. The first-order valence-electron chi connectivity index (χ1n) is 4.41. The smallest absolute Gasteiger partial charge is 0.396 e. The molecule has 1 rings (SSSR count). The van der Waals surface area contributed by atoms with Crippen molar-refractivity contribution in [2.75, 3.05) is 6.61 Å². The van der Waals surface area contributed by atoms with Gasteiger partial charge in [-0.05, 0) is 36.6 Å². The molecule has 0 heterocycles. The zero-order valence-electron chi connectivity index (χ0n) is 7.81. The molecule has 0 aliphatic carbocycles. The Morgan fingerprint density at radius 3 is 2.40 bits per heavy atom. The first-order chi connectivity index (χ1) is 6.93. The van der Waals surface area contributed by atoms with Gasteiger partial charge in [-0.2, -0.15) is 13.2 Å². The fourth-order valence-corrected chi connectivity index (χ4v) is 1.78. The van der Waals surface area contributed by atoms with Crippen LogP contribution in [0.15, 0.2) is 22.7 Å². The monoisotopic (exact) mass is 282 g/mol. The minimum Gasteiger partial charge on any atom is -0.396 e. The minimum absolute atomic E-state index is 0.0200. The molecule has 1 nitrogen and oxygen atoms in total. The van der Waals surface area contributed by atoms with Gasteiger partial charge in [-0.3, -0.25) is 0 Å². The SMILES string of the molecule is OCCCc1cc(Br)cc(C(F)(F)F)c1. The Hall–Kier alpha value is -0.550. The number of alkyl halides is 3. The predicted molar refractivity (Wildman–Crippen MR) is 54.6 cm³/mol. The van der Waals surface area contributed by atoms with E-state index in [0.717, 1.165) is 12.1 Å². The van der Waals surface area contributed by atoms with Crippen LogP contribution < -0.4 is 0 Å². The molecule has 1 aromatic rings. The number of aryl methyl sites for hydroxylation is 1. The van der Waals surface area contributed by atoms with E-state index >= 15 is 0 Å². The standard InChI is InChI=1S/C10H10BrF3O/c11-9-5-7(2-1-3-15)4-8(6-9)10(12,13)14/h4-6,15H,1-3H2. The fraction of sp³-hybridized carbons (Fsp3) is 0.400. The van der Waals surface area contributed by atoms with Crippen LogP contribution in [-0.4, -0.2) is 11.7 Å². The van der Waals surface area contributed by atoms with E-state index in [0.29, 0.717) is 22.9 Å². The lowest BCUT2D eigenvalue weighted by Gasteiger charge is -2.09. The van der Waals surface area contributed by atoms with Gasteiger partial charge in [-0.25, -0.2) is 0 Å². The van der Waals surface area contributed by atoms with Crippen LogP contribution in [0.4, 0.5) is 13.2 Å². The number of aliphatic hydroxyl groups is 1. The summed E-state index contributed by atoms with van der Waals surface area (Å²) in [5, 5.41) is 8.59. The van der Waals surface area contributed by atoms with Gasteiger partial charge in [0.1, 0.15) is 0 Å². The van der Waals surface area contributed by atoms with Gasteiger partial charge in [0, 0.05) is 11.1 Å². The molecule has 84 valence electrons. The molecule has 0 radical (unpaired) electrons. The average Bonchev–Trinajstić information content (AvgIpc) is 2.12. The lowest BCUT2D eigenvalue weighted by Crippen LogP contribution is -2.05. The van der Waals surface area contributed by atoms with E-state index in [2.05, 4.69) is 15.9 Å². The van der Waals surface area contributed by atoms with Gasteiger partial charge in [0.15, 0.2) is 0 Å². The summed E-state index contributed by atoms with van der Waals surface area (Å²) in [6.45, 7) is -0.0200. The summed E-state index contributed by atoms with van der Waals surface area (Å²) in [5.74, 6) is 0. The molecule has 15 heavy (non-hydrogen) atoms. The Kier molecular flexibility index (Phi) is 4.16. The van der Waals surface area contributed by atoms with Crippen LogP contribution in [0.5, 0.6) is 0 Å². The Morgan fingerprint density at radius 1 is 1.20 bits per heavy atom. The molecule has 0 amide bonds. The molecule has 0 aliphatic rings. The highest BCUT2D eigenvalue weighted by Crippen LogP contribution is 2.32. The van der Waals surface area contributed by atoms with Crippen molar-refractivity contribution in [1.29, 1.82) is 0 Å². The maximum Gasteiger partial charge on any atom is 0.416 e. The van der Waals surface area contributed by atoms with E-state index in [4.69, 9.17) is 5.11 Å². The van der Waals surface area contributed by atoms with Crippen LogP contribution in [0, 0.1) is 0 Å². The molecule has 0 bridgehead atoms. The summed E-state index contributed by atoms with van der Waals surface area (Å²) >= 11 is 3.03. The minimum atomic E-state index is -4.32. The third-order valence-electron chi connectivity index (χ3n) is 1.91. The molecule has 1 N–H and O–H groups in total. The molecule has 0 aliphatic heterocycles. The molecule has 1 aromatic carbocycles. The van der Waals surface area contributed by atoms with Crippen LogP contribution in [0.2, 0.25) is 0 Å². The van der Waals surface area contributed by atoms with Crippen LogP contribution in [-0.2, 0) is 12.6 Å². The van der Waals surface area contributed by atoms with Crippen molar-refractivity contribution < 1.29 is 18.3 Å². The summed E-state index contributed by atoms with van der Waals surface area (Å²) in [7, 11) is 0. The Bertz CT molecular complexity index is 336. The lowest BCUT2D eigenvalue weighted by atomic mass is 10.1. The second kappa shape index (κ2) is 4.99. The summed E-state index contributed by atoms with van der Waals surface area (Å²) in [4.78, 5) is 0. The van der Waals surface area contributed by atoms with Gasteiger partial charge in [0.05, 0.1) is 5.56 Å². The van der Waals surface area contributed by atoms with Gasteiger partial charge in [0.2, 0.25) is 0 Å². The van der Waals surface area contributed by atoms with Gasteiger partial charge >= 0.3 is 6.18 Å². The molecule has 0 aromatic heterocycles. The second-order valence-electron chi connectivity index (χ2n) is 3.17. The molecule has 0 unspecified atom stereocenters. The zero-order valence-corrected chi connectivity index (χ0v) is 9.40. The van der Waals surface area contributed by atoms with Crippen molar-refractivity contribution in [3.05, 3.63) is 33.8 Å². The summed E-state index contributed by atoms with van der Waals surface area (Å²) in [5.41, 5.74) is -0.0874. The molecule has 0 atom stereocenters. The van der Waals surface area contributed by atoms with Gasteiger partial charge in [0.25, 0.3) is 0 Å². The number of rotatable bonds is 3. The maximum atomic E-state index is 12.4. The van der Waals surface area contributed by atoms with E-state index in [1.807, 2.05) is 0 Å². The Labute approximate surface area is 94.0 Å². The van der Waals surface area contributed by atoms with E-state index in [9.17, 15) is 13.2 Å². The highest BCUT2D eigenvalue weighted by atomic mass is 79.9. The highest BCUT2D eigenvalue weighted by Gasteiger charge is 2.30. The molecule has 0 fully saturated rings. The van der Waals surface area contributed by atoms with Gasteiger partial charge < -0.3 is 5.11 Å². The molecule has 0 saturated heterocycles. The number of aliphatic hydroxyl groups excluding tert-OH is 1. The van der Waals surface area contributed by atoms with Crippen molar-refractivity contribution in [3.63, 3.8) is 0 Å². The molecular formula is C10H10BrF3O. The molecule has 0 saturated carbocycles. The number of halogens is 4. The molecular weight excluding hydrogens is 273 g/mol. The molecule has 0 spiro atoms. The highest BCUT2D eigenvalue weighted by molar-refractivity contribution is 9.10. The number of benzene rings is 1. The third-order valence-corrected chi connectivity index (χ3v) is 2.37. The van der Waals surface area contributed by atoms with Crippen LogP contribution in [0.3, 0.4) is 0 Å². The second-order valence-corrected chi connectivity index (χ2v) is 4.09. The maximum absolute atomic E-state index is 12.4. The third kappa shape index (κ3) is 3.83. The summed E-state index contributed by atoms with van der Waals surface area (Å²) < 4.78 is 37.6. The van der Waals surface area contributed by atoms with E-state index in [1.54, 1.807) is 6.07 Å². The molecule has 5 heteroatoms. The van der Waals surface area contributed by atoms with Crippen LogP contribution in [0.25, 0.3) is 0 Å². The number of hydrogen-bond acceptors (Lipinski definition) is 1. The summed E-state index contributed by atoms with van der Waals surface area (Å²) in [6.07, 6.45) is -3.41. The lowest BCUT2D eigenvalue weighted by molar-refractivity contribution is -0.137. The van der Waals surface area contributed by atoms with Crippen LogP contribution in [0.1, 0.15) is 17.5 Å². The van der Waals surface area contributed by atoms with Crippen molar-refractivity contribution in [2.45, 2.75) is 19.0 Å². The largest absolute Gasteiger partial charge is 0.416 e. The fourth-order valence-electron chi connectivity index (χ4n) is 1.24. The van der Waals surface area contributed by atoms with Crippen molar-refractivity contribution in [3.8, 4) is 0 Å². The Morgan fingerprint density at radius 2 is 1.87 bits per heavy atom. The first-order valence-corrected chi connectivity index (χ1v) is 5.20. The van der Waals surface area contributed by atoms with E-state index in [-0.39, 0.29) is 6.61 Å². The van der Waals surface area contributed by atoms with Crippen molar-refractivity contribution in [2.24, 2.45) is 0 Å². The van der Waals surface area contributed by atoms with Gasteiger partial charge in [-0.1, -0.05) is 15.9 Å². The van der Waals surface area contributed by atoms with Crippen molar-refractivity contribution >= 4 is 15.9 Å². The first kappa shape index (κ1) is 12.5. The zero-order chi connectivity index (χ0) is 11.5. The Balaban J connectivity index is 2.95. The quantitative estimate of drug-likeness (QED) is 0.901. The topological polar surface area (TPSA) is 20.2 Å². The van der Waals surface area contributed by atoms with E-state index in [1.165, 1.54) is 0 Å². The van der Waals surface area contributed by atoms with Gasteiger partial charge in [-0.15, -0.1) is 0 Å². The average molecular weight is 283 g/mol. The normalized spacial score (nSPS) is 11.8.